The molecular weight excluding hydrogens is 166 g/mol. The Bertz CT molecular complexity index is 299. The highest BCUT2D eigenvalue weighted by Gasteiger charge is 2.38. The van der Waals surface area contributed by atoms with E-state index in [1.54, 1.807) is 0 Å². The number of rotatable bonds is 2. The monoisotopic (exact) mass is 181 g/mol. The van der Waals surface area contributed by atoms with E-state index in [0.717, 1.165) is 19.0 Å². The number of aromatic nitrogens is 3. The highest BCUT2D eigenvalue weighted by Crippen LogP contribution is 2.34. The molecule has 0 spiro atoms. The lowest BCUT2D eigenvalue weighted by atomic mass is 9.80. The molecule has 0 radical (unpaired) electrons. The zero-order chi connectivity index (χ0) is 9.47. The first-order valence-electron chi connectivity index (χ1n) is 4.56. The highest BCUT2D eigenvalue weighted by molar-refractivity contribution is 5.38. The van der Waals surface area contributed by atoms with Gasteiger partial charge in [-0.15, -0.1) is 5.10 Å². The van der Waals surface area contributed by atoms with Crippen LogP contribution in [-0.2, 0) is 0 Å². The van der Waals surface area contributed by atoms with E-state index >= 15 is 0 Å². The molecule has 2 rings (SSSR count). The SMILES string of the molecule is CCC1(C)CN(c2n[nH]c(N)n2)C1. The van der Waals surface area contributed by atoms with Crippen molar-refractivity contribution in [2.45, 2.75) is 20.3 Å². The van der Waals surface area contributed by atoms with Gasteiger partial charge < -0.3 is 10.6 Å². The largest absolute Gasteiger partial charge is 0.368 e. The lowest BCUT2D eigenvalue weighted by Gasteiger charge is -2.47. The predicted octanol–water partition coefficient (Wildman–Crippen LogP) is 0.623. The molecule has 0 amide bonds. The number of H-pyrrole nitrogens is 1. The number of nitrogen functional groups attached to an aromatic ring is 1. The minimum Gasteiger partial charge on any atom is -0.368 e. The second kappa shape index (κ2) is 2.61. The van der Waals surface area contributed by atoms with E-state index < -0.39 is 0 Å². The van der Waals surface area contributed by atoms with Crippen LogP contribution >= 0.6 is 0 Å². The average molecular weight is 181 g/mol. The van der Waals surface area contributed by atoms with Crippen molar-refractivity contribution in [1.82, 2.24) is 15.2 Å². The minimum atomic E-state index is 0.389. The Hall–Kier alpha value is -1.26. The van der Waals surface area contributed by atoms with Crippen LogP contribution in [0.2, 0.25) is 0 Å². The fourth-order valence-corrected chi connectivity index (χ4v) is 1.65. The summed E-state index contributed by atoms with van der Waals surface area (Å²) in [5.74, 6) is 1.11. The molecule has 0 aromatic carbocycles. The molecule has 1 aliphatic heterocycles. The van der Waals surface area contributed by atoms with Gasteiger partial charge >= 0.3 is 0 Å². The van der Waals surface area contributed by atoms with Crippen LogP contribution in [0.1, 0.15) is 20.3 Å². The van der Waals surface area contributed by atoms with Crippen molar-refractivity contribution in [2.24, 2.45) is 5.41 Å². The molecule has 0 unspecified atom stereocenters. The second-order valence-corrected chi connectivity index (χ2v) is 4.04. The summed E-state index contributed by atoms with van der Waals surface area (Å²) in [6.07, 6.45) is 1.20. The van der Waals surface area contributed by atoms with Crippen molar-refractivity contribution in [1.29, 1.82) is 0 Å². The van der Waals surface area contributed by atoms with Crippen molar-refractivity contribution >= 4 is 11.9 Å². The van der Waals surface area contributed by atoms with E-state index in [2.05, 4.69) is 33.9 Å². The molecule has 13 heavy (non-hydrogen) atoms. The van der Waals surface area contributed by atoms with Gasteiger partial charge in [-0.2, -0.15) is 4.98 Å². The number of hydrogen-bond acceptors (Lipinski definition) is 4. The Morgan fingerprint density at radius 2 is 2.31 bits per heavy atom. The molecule has 72 valence electrons. The summed E-state index contributed by atoms with van der Waals surface area (Å²) in [7, 11) is 0. The van der Waals surface area contributed by atoms with Crippen LogP contribution in [0.3, 0.4) is 0 Å². The molecule has 1 fully saturated rings. The molecule has 1 aliphatic rings. The Balaban J connectivity index is 2.01. The molecule has 5 nitrogen and oxygen atoms in total. The summed E-state index contributed by atoms with van der Waals surface area (Å²) >= 11 is 0. The van der Waals surface area contributed by atoms with Crippen molar-refractivity contribution in [3.05, 3.63) is 0 Å². The van der Waals surface area contributed by atoms with E-state index in [1.807, 2.05) is 0 Å². The zero-order valence-electron chi connectivity index (χ0n) is 8.04. The molecule has 1 saturated heterocycles. The maximum Gasteiger partial charge on any atom is 0.246 e. The van der Waals surface area contributed by atoms with Gasteiger partial charge in [-0.1, -0.05) is 13.8 Å². The van der Waals surface area contributed by atoms with Gasteiger partial charge in [-0.25, -0.2) is 5.10 Å². The molecular formula is C8H15N5. The molecule has 1 aromatic rings. The van der Waals surface area contributed by atoms with Crippen LogP contribution < -0.4 is 10.6 Å². The topological polar surface area (TPSA) is 70.8 Å². The van der Waals surface area contributed by atoms with Gasteiger partial charge in [0.2, 0.25) is 11.9 Å². The molecule has 2 heterocycles. The smallest absolute Gasteiger partial charge is 0.246 e. The molecule has 3 N–H and O–H groups in total. The Labute approximate surface area is 77.3 Å². The Morgan fingerprint density at radius 3 is 2.77 bits per heavy atom. The third kappa shape index (κ3) is 1.34. The highest BCUT2D eigenvalue weighted by atomic mass is 15.4. The van der Waals surface area contributed by atoms with Crippen LogP contribution in [0.15, 0.2) is 0 Å². The maximum absolute atomic E-state index is 5.44. The second-order valence-electron chi connectivity index (χ2n) is 4.04. The first-order valence-corrected chi connectivity index (χ1v) is 4.56. The van der Waals surface area contributed by atoms with E-state index in [4.69, 9.17) is 5.73 Å². The number of nitrogens with zero attached hydrogens (tertiary/aromatic N) is 3. The molecule has 0 saturated carbocycles. The fourth-order valence-electron chi connectivity index (χ4n) is 1.65. The van der Waals surface area contributed by atoms with Crippen molar-refractivity contribution in [2.75, 3.05) is 23.7 Å². The molecule has 0 atom stereocenters. The molecule has 1 aromatic heterocycles. The van der Waals surface area contributed by atoms with E-state index in [-0.39, 0.29) is 0 Å². The van der Waals surface area contributed by atoms with Crippen LogP contribution in [0.4, 0.5) is 11.9 Å². The van der Waals surface area contributed by atoms with Gasteiger partial charge in [0, 0.05) is 18.5 Å². The van der Waals surface area contributed by atoms with Crippen LogP contribution in [0, 0.1) is 5.41 Å². The average Bonchev–Trinajstić information content (AvgIpc) is 2.46. The summed E-state index contributed by atoms with van der Waals surface area (Å²) in [6.45, 7) is 6.55. The zero-order valence-corrected chi connectivity index (χ0v) is 8.04. The summed E-state index contributed by atoms with van der Waals surface area (Å²) in [6, 6.07) is 0. The predicted molar refractivity (Wildman–Crippen MR) is 51.4 cm³/mol. The number of nitrogens with two attached hydrogens (primary N) is 1. The first-order chi connectivity index (χ1) is 6.13. The van der Waals surface area contributed by atoms with Gasteiger partial charge in [0.05, 0.1) is 0 Å². The van der Waals surface area contributed by atoms with Gasteiger partial charge in [0.15, 0.2) is 0 Å². The maximum atomic E-state index is 5.44. The standard InChI is InChI=1S/C8H15N5/c1-3-8(2)4-13(5-8)7-10-6(9)11-12-7/h3-5H2,1-2H3,(H3,9,10,11,12). The van der Waals surface area contributed by atoms with Crippen molar-refractivity contribution in [3.8, 4) is 0 Å². The lowest BCUT2D eigenvalue weighted by molar-refractivity contribution is 0.231. The third-order valence-corrected chi connectivity index (χ3v) is 2.77. The Kier molecular flexibility index (Phi) is 1.68. The van der Waals surface area contributed by atoms with Crippen LogP contribution in [0.5, 0.6) is 0 Å². The lowest BCUT2D eigenvalue weighted by Crippen LogP contribution is -2.54. The van der Waals surface area contributed by atoms with Crippen LogP contribution in [-0.4, -0.2) is 28.3 Å². The number of hydrogen-bond donors (Lipinski definition) is 2. The quantitative estimate of drug-likeness (QED) is 0.701. The van der Waals surface area contributed by atoms with Crippen molar-refractivity contribution in [3.63, 3.8) is 0 Å². The first kappa shape index (κ1) is 8.34. The van der Waals surface area contributed by atoms with Crippen molar-refractivity contribution < 1.29 is 0 Å². The summed E-state index contributed by atoms with van der Waals surface area (Å²) in [5.41, 5.74) is 5.88. The number of nitrogens with one attached hydrogen (secondary N) is 1. The van der Waals surface area contributed by atoms with Gasteiger partial charge in [0.1, 0.15) is 0 Å². The minimum absolute atomic E-state index is 0.389. The number of anilines is 2. The van der Waals surface area contributed by atoms with Gasteiger partial charge in [0.25, 0.3) is 0 Å². The van der Waals surface area contributed by atoms with Gasteiger partial charge in [-0.05, 0) is 6.42 Å². The fraction of sp³-hybridized carbons (Fsp3) is 0.750. The normalized spacial score (nSPS) is 20.0. The van der Waals surface area contributed by atoms with E-state index in [1.165, 1.54) is 6.42 Å². The van der Waals surface area contributed by atoms with E-state index in [0.29, 0.717) is 11.4 Å². The summed E-state index contributed by atoms with van der Waals surface area (Å²) < 4.78 is 0. The third-order valence-electron chi connectivity index (χ3n) is 2.77. The molecule has 5 heteroatoms. The molecule has 0 aliphatic carbocycles. The summed E-state index contributed by atoms with van der Waals surface area (Å²) in [4.78, 5) is 6.20. The summed E-state index contributed by atoms with van der Waals surface area (Å²) in [5, 5.41) is 6.64. The van der Waals surface area contributed by atoms with Gasteiger partial charge in [-0.3, -0.25) is 0 Å². The molecule has 0 bridgehead atoms. The number of aromatic amines is 1. The Morgan fingerprint density at radius 1 is 1.62 bits per heavy atom. The van der Waals surface area contributed by atoms with E-state index in [9.17, 15) is 0 Å². The van der Waals surface area contributed by atoms with Crippen LogP contribution in [0.25, 0.3) is 0 Å².